The van der Waals surface area contributed by atoms with Crippen molar-refractivity contribution in [1.82, 2.24) is 4.90 Å². The van der Waals surface area contributed by atoms with Gasteiger partial charge in [0.1, 0.15) is 6.61 Å². The maximum absolute atomic E-state index is 12.8. The van der Waals surface area contributed by atoms with Crippen molar-refractivity contribution < 1.29 is 19.1 Å². The molecule has 0 saturated carbocycles. The van der Waals surface area contributed by atoms with Crippen molar-refractivity contribution in [3.8, 4) is 0 Å². The summed E-state index contributed by atoms with van der Waals surface area (Å²) in [5.74, 6) is -0.0324. The average molecular weight is 365 g/mol. The van der Waals surface area contributed by atoms with Gasteiger partial charge in [0.05, 0.1) is 10.7 Å². The first-order valence-electron chi connectivity index (χ1n) is 8.76. The number of carbonyl (C=O) groups excluding carboxylic acids is 2. The fourth-order valence-corrected chi connectivity index (χ4v) is 4.13. The van der Waals surface area contributed by atoms with Crippen LogP contribution in [-0.4, -0.2) is 55.3 Å². The van der Waals surface area contributed by atoms with Crippen molar-refractivity contribution in [2.75, 3.05) is 37.7 Å². The summed E-state index contributed by atoms with van der Waals surface area (Å²) in [6.45, 7) is 3.40. The van der Waals surface area contributed by atoms with Gasteiger partial charge in [0.25, 0.3) is 5.91 Å². The lowest BCUT2D eigenvalue weighted by Crippen LogP contribution is -2.48. The molecule has 4 rings (SSSR count). The van der Waals surface area contributed by atoms with Gasteiger partial charge in [-0.3, -0.25) is 4.79 Å². The monoisotopic (exact) mass is 364 g/mol. The van der Waals surface area contributed by atoms with Crippen molar-refractivity contribution in [3.05, 3.63) is 28.8 Å². The molecule has 7 heteroatoms. The van der Waals surface area contributed by atoms with Crippen LogP contribution < -0.4 is 4.90 Å². The molecule has 0 aromatic heterocycles. The highest BCUT2D eigenvalue weighted by molar-refractivity contribution is 6.33. The van der Waals surface area contributed by atoms with E-state index in [0.717, 1.165) is 18.8 Å². The first kappa shape index (κ1) is 16.5. The summed E-state index contributed by atoms with van der Waals surface area (Å²) in [5, 5.41) is 0.624. The molecule has 1 aromatic rings. The standard InChI is InChI=1S/C18H21ClN2O4/c19-14-11-13(3-4-15(14)20-7-1-2-8-20)16(22)21-9-5-18(6-10-21)12-24-17(23)25-18/h3-4,11H,1-2,5-10,12H2. The van der Waals surface area contributed by atoms with Crippen molar-refractivity contribution in [2.45, 2.75) is 31.3 Å². The van der Waals surface area contributed by atoms with Crippen LogP contribution in [0.15, 0.2) is 18.2 Å². The number of halogens is 1. The topological polar surface area (TPSA) is 59.1 Å². The molecule has 3 heterocycles. The molecule has 1 spiro atoms. The number of amides is 1. The first-order valence-corrected chi connectivity index (χ1v) is 9.14. The maximum atomic E-state index is 12.8. The third kappa shape index (κ3) is 3.15. The highest BCUT2D eigenvalue weighted by Crippen LogP contribution is 2.33. The van der Waals surface area contributed by atoms with Crippen LogP contribution >= 0.6 is 11.6 Å². The Kier molecular flexibility index (Phi) is 4.23. The Morgan fingerprint density at radius 2 is 1.84 bits per heavy atom. The van der Waals surface area contributed by atoms with E-state index in [1.807, 2.05) is 12.1 Å². The van der Waals surface area contributed by atoms with Gasteiger partial charge in [-0.1, -0.05) is 11.6 Å². The number of rotatable bonds is 2. The number of cyclic esters (lactones) is 1. The van der Waals surface area contributed by atoms with Crippen LogP contribution in [-0.2, 0) is 9.47 Å². The number of piperidine rings is 1. The largest absolute Gasteiger partial charge is 0.509 e. The van der Waals surface area contributed by atoms with Gasteiger partial charge < -0.3 is 19.3 Å². The maximum Gasteiger partial charge on any atom is 0.509 e. The smallest absolute Gasteiger partial charge is 0.430 e. The van der Waals surface area contributed by atoms with E-state index in [-0.39, 0.29) is 12.5 Å². The third-order valence-corrected chi connectivity index (χ3v) is 5.66. The van der Waals surface area contributed by atoms with E-state index < -0.39 is 11.8 Å². The molecule has 1 amide bonds. The number of nitrogens with zero attached hydrogens (tertiary/aromatic N) is 2. The summed E-state index contributed by atoms with van der Waals surface area (Å²) in [7, 11) is 0. The molecule has 0 aliphatic carbocycles. The summed E-state index contributed by atoms with van der Waals surface area (Å²) in [4.78, 5) is 28.0. The van der Waals surface area contributed by atoms with Crippen LogP contribution in [0.5, 0.6) is 0 Å². The van der Waals surface area contributed by atoms with Gasteiger partial charge >= 0.3 is 6.16 Å². The second kappa shape index (κ2) is 6.41. The molecule has 0 bridgehead atoms. The molecule has 0 unspecified atom stereocenters. The van der Waals surface area contributed by atoms with Crippen LogP contribution in [0.25, 0.3) is 0 Å². The fourth-order valence-electron chi connectivity index (χ4n) is 3.83. The second-order valence-electron chi connectivity index (χ2n) is 6.98. The SMILES string of the molecule is O=C1OCC2(CCN(C(=O)c3ccc(N4CCCC4)c(Cl)c3)CC2)O1. The fraction of sp³-hybridized carbons (Fsp3) is 0.556. The normalized spacial score (nSPS) is 22.2. The zero-order chi connectivity index (χ0) is 17.4. The molecular formula is C18H21ClN2O4. The number of carbonyl (C=O) groups is 2. The van der Waals surface area contributed by atoms with Crippen LogP contribution in [0.3, 0.4) is 0 Å². The Morgan fingerprint density at radius 3 is 2.44 bits per heavy atom. The predicted octanol–water partition coefficient (Wildman–Crippen LogP) is 3.08. The van der Waals surface area contributed by atoms with E-state index in [1.165, 1.54) is 12.8 Å². The number of hydrogen-bond acceptors (Lipinski definition) is 5. The summed E-state index contributed by atoms with van der Waals surface area (Å²) >= 11 is 6.42. The minimum Gasteiger partial charge on any atom is -0.430 e. The Labute approximate surface area is 151 Å². The van der Waals surface area contributed by atoms with Gasteiger partial charge in [0, 0.05) is 44.6 Å². The molecule has 1 aromatic carbocycles. The minimum absolute atomic E-state index is 0.0324. The molecule has 0 N–H and O–H groups in total. The number of benzene rings is 1. The lowest BCUT2D eigenvalue weighted by molar-refractivity contribution is 0.00281. The van der Waals surface area contributed by atoms with Crippen molar-refractivity contribution in [3.63, 3.8) is 0 Å². The quantitative estimate of drug-likeness (QED) is 0.755. The van der Waals surface area contributed by atoms with Crippen LogP contribution in [0.2, 0.25) is 5.02 Å². The summed E-state index contributed by atoms with van der Waals surface area (Å²) in [6.07, 6.45) is 2.96. The summed E-state index contributed by atoms with van der Waals surface area (Å²) < 4.78 is 10.2. The molecule has 0 radical (unpaired) electrons. The Hall–Kier alpha value is -1.95. The van der Waals surface area contributed by atoms with Gasteiger partial charge in [-0.05, 0) is 31.0 Å². The molecule has 6 nitrogen and oxygen atoms in total. The van der Waals surface area contributed by atoms with Crippen LogP contribution in [0.4, 0.5) is 10.5 Å². The molecular weight excluding hydrogens is 344 g/mol. The number of likely N-dealkylation sites (tertiary alicyclic amines) is 1. The average Bonchev–Trinajstić information content (AvgIpc) is 3.25. The van der Waals surface area contributed by atoms with E-state index >= 15 is 0 Å². The van der Waals surface area contributed by atoms with E-state index in [9.17, 15) is 9.59 Å². The van der Waals surface area contributed by atoms with Gasteiger partial charge in [0.2, 0.25) is 0 Å². The molecule has 3 aliphatic heterocycles. The van der Waals surface area contributed by atoms with Gasteiger partial charge in [0.15, 0.2) is 5.60 Å². The van der Waals surface area contributed by atoms with Crippen LogP contribution in [0, 0.1) is 0 Å². The minimum atomic E-state index is -0.607. The van der Waals surface area contributed by atoms with Gasteiger partial charge in [-0.25, -0.2) is 4.79 Å². The second-order valence-corrected chi connectivity index (χ2v) is 7.38. The van der Waals surface area contributed by atoms with Crippen molar-refractivity contribution >= 4 is 29.4 Å². The lowest BCUT2D eigenvalue weighted by Gasteiger charge is -2.36. The highest BCUT2D eigenvalue weighted by Gasteiger charge is 2.45. The lowest BCUT2D eigenvalue weighted by atomic mass is 9.92. The third-order valence-electron chi connectivity index (χ3n) is 5.36. The highest BCUT2D eigenvalue weighted by atomic mass is 35.5. The predicted molar refractivity (Wildman–Crippen MR) is 93.2 cm³/mol. The number of ether oxygens (including phenoxy) is 2. The van der Waals surface area contributed by atoms with Gasteiger partial charge in [-0.2, -0.15) is 0 Å². The van der Waals surface area contributed by atoms with E-state index in [1.54, 1.807) is 11.0 Å². The number of anilines is 1. The summed E-state index contributed by atoms with van der Waals surface area (Å²) in [6, 6.07) is 5.56. The number of hydrogen-bond donors (Lipinski definition) is 0. The summed E-state index contributed by atoms with van der Waals surface area (Å²) in [5.41, 5.74) is 1.05. The molecule has 3 saturated heterocycles. The van der Waals surface area contributed by atoms with Crippen molar-refractivity contribution in [2.24, 2.45) is 0 Å². The Bertz CT molecular complexity index is 694. The van der Waals surface area contributed by atoms with E-state index in [0.29, 0.717) is 36.5 Å². The Morgan fingerprint density at radius 1 is 1.12 bits per heavy atom. The van der Waals surface area contributed by atoms with E-state index in [2.05, 4.69) is 4.90 Å². The zero-order valence-corrected chi connectivity index (χ0v) is 14.8. The molecule has 3 aliphatic rings. The zero-order valence-electron chi connectivity index (χ0n) is 14.0. The van der Waals surface area contributed by atoms with Gasteiger partial charge in [-0.15, -0.1) is 0 Å². The first-order chi connectivity index (χ1) is 12.1. The van der Waals surface area contributed by atoms with Crippen molar-refractivity contribution in [1.29, 1.82) is 0 Å². The molecule has 3 fully saturated rings. The molecule has 134 valence electrons. The molecule has 25 heavy (non-hydrogen) atoms. The van der Waals surface area contributed by atoms with E-state index in [4.69, 9.17) is 21.1 Å². The van der Waals surface area contributed by atoms with Crippen LogP contribution in [0.1, 0.15) is 36.0 Å². The molecule has 0 atom stereocenters. The Balaban J connectivity index is 1.43.